The zero-order valence-corrected chi connectivity index (χ0v) is 11.9. The maximum absolute atomic E-state index is 12.1. The summed E-state index contributed by atoms with van der Waals surface area (Å²) in [6.45, 7) is 0. The van der Waals surface area contributed by atoms with Gasteiger partial charge in [-0.2, -0.15) is 0 Å². The normalized spacial score (nSPS) is 30.1. The summed E-state index contributed by atoms with van der Waals surface area (Å²) in [6.07, 6.45) is 8.39. The third kappa shape index (κ3) is 2.45. The smallest absolute Gasteiger partial charge is 0.410 e. The molecular formula is C17H21NO2. The molecule has 1 fully saturated rings. The van der Waals surface area contributed by atoms with Gasteiger partial charge >= 0.3 is 6.09 Å². The Morgan fingerprint density at radius 1 is 1.10 bits per heavy atom. The summed E-state index contributed by atoms with van der Waals surface area (Å²) in [5.74, 6) is 0.380. The Morgan fingerprint density at radius 3 is 2.55 bits per heavy atom. The van der Waals surface area contributed by atoms with Gasteiger partial charge in [-0.25, -0.2) is 4.79 Å². The fourth-order valence-electron chi connectivity index (χ4n) is 3.43. The number of hydrogen-bond donors (Lipinski definition) is 0. The Labute approximate surface area is 120 Å². The van der Waals surface area contributed by atoms with Gasteiger partial charge in [0.05, 0.1) is 6.04 Å². The van der Waals surface area contributed by atoms with Crippen molar-refractivity contribution in [3.63, 3.8) is 0 Å². The molecule has 3 nitrogen and oxygen atoms in total. The molecule has 1 aromatic carbocycles. The molecule has 1 heterocycles. The van der Waals surface area contributed by atoms with Crippen LogP contribution in [0.15, 0.2) is 42.5 Å². The minimum absolute atomic E-state index is 0.0499. The lowest BCUT2D eigenvalue weighted by Crippen LogP contribution is -2.48. The zero-order chi connectivity index (χ0) is 13.9. The van der Waals surface area contributed by atoms with Crippen LogP contribution in [-0.2, 0) is 4.74 Å². The molecule has 0 saturated carbocycles. The first-order valence-corrected chi connectivity index (χ1v) is 7.41. The first-order chi connectivity index (χ1) is 9.77. The fraction of sp³-hybridized carbons (Fsp3) is 0.471. The van der Waals surface area contributed by atoms with E-state index in [1.165, 1.54) is 5.56 Å². The molecule has 106 valence electrons. The molecule has 20 heavy (non-hydrogen) atoms. The number of allylic oxidation sites excluding steroid dienone is 2. The van der Waals surface area contributed by atoms with Crippen LogP contribution in [0.3, 0.4) is 0 Å². The van der Waals surface area contributed by atoms with E-state index in [1.807, 2.05) is 25.2 Å². The number of fused-ring (bicyclic) bond motifs is 1. The lowest BCUT2D eigenvalue weighted by atomic mass is 9.80. The van der Waals surface area contributed by atoms with Crippen molar-refractivity contribution in [3.05, 3.63) is 48.0 Å². The van der Waals surface area contributed by atoms with Crippen molar-refractivity contribution in [2.75, 3.05) is 7.05 Å². The Hall–Kier alpha value is -1.77. The van der Waals surface area contributed by atoms with Gasteiger partial charge in [0.1, 0.15) is 6.10 Å². The first kappa shape index (κ1) is 13.2. The lowest BCUT2D eigenvalue weighted by molar-refractivity contribution is -0.0423. The second-order valence-corrected chi connectivity index (χ2v) is 5.68. The van der Waals surface area contributed by atoms with Crippen LogP contribution >= 0.6 is 0 Å². The molecule has 1 aliphatic carbocycles. The number of nitrogens with zero attached hydrogens (tertiary/aromatic N) is 1. The minimum Gasteiger partial charge on any atom is -0.446 e. The van der Waals surface area contributed by atoms with Crippen LogP contribution < -0.4 is 0 Å². The van der Waals surface area contributed by atoms with E-state index in [0.717, 1.165) is 25.7 Å². The van der Waals surface area contributed by atoms with E-state index < -0.39 is 0 Å². The van der Waals surface area contributed by atoms with Gasteiger partial charge in [-0.3, -0.25) is 0 Å². The highest BCUT2D eigenvalue weighted by atomic mass is 16.6. The number of benzene rings is 1. The Morgan fingerprint density at radius 2 is 1.80 bits per heavy atom. The quantitative estimate of drug-likeness (QED) is 0.724. The predicted molar refractivity (Wildman–Crippen MR) is 78.3 cm³/mol. The molecule has 1 aromatic rings. The van der Waals surface area contributed by atoms with Gasteiger partial charge in [-0.05, 0) is 31.2 Å². The SMILES string of the molecule is CN1C(=O)OC2CCC=CCCC2C1c1ccccc1. The molecule has 3 unspecified atom stereocenters. The van der Waals surface area contributed by atoms with Crippen molar-refractivity contribution in [2.45, 2.75) is 37.8 Å². The summed E-state index contributed by atoms with van der Waals surface area (Å²) in [7, 11) is 1.85. The molecule has 1 saturated heterocycles. The van der Waals surface area contributed by atoms with Crippen molar-refractivity contribution in [2.24, 2.45) is 5.92 Å². The molecule has 3 heteroatoms. The summed E-state index contributed by atoms with van der Waals surface area (Å²) >= 11 is 0. The van der Waals surface area contributed by atoms with Crippen LogP contribution in [-0.4, -0.2) is 24.1 Å². The summed E-state index contributed by atoms with van der Waals surface area (Å²) < 4.78 is 5.64. The fourth-order valence-corrected chi connectivity index (χ4v) is 3.43. The van der Waals surface area contributed by atoms with Gasteiger partial charge in [0.25, 0.3) is 0 Å². The standard InChI is InChI=1S/C17H21NO2/c1-18-16(13-9-5-4-6-10-13)14-11-7-2-3-8-12-15(14)20-17(18)19/h2-6,9-10,14-16H,7-8,11-12H2,1H3. The van der Waals surface area contributed by atoms with Crippen LogP contribution in [0.4, 0.5) is 4.79 Å². The molecule has 0 radical (unpaired) electrons. The van der Waals surface area contributed by atoms with Crippen molar-refractivity contribution >= 4 is 6.09 Å². The Bertz CT molecular complexity index is 497. The third-order valence-electron chi connectivity index (χ3n) is 4.43. The summed E-state index contributed by atoms with van der Waals surface area (Å²) in [5.41, 5.74) is 1.21. The third-order valence-corrected chi connectivity index (χ3v) is 4.43. The first-order valence-electron chi connectivity index (χ1n) is 7.41. The van der Waals surface area contributed by atoms with Gasteiger partial charge in [0, 0.05) is 13.0 Å². The molecule has 3 rings (SSSR count). The molecular weight excluding hydrogens is 250 g/mol. The van der Waals surface area contributed by atoms with Gasteiger partial charge in [0.2, 0.25) is 0 Å². The lowest BCUT2D eigenvalue weighted by Gasteiger charge is -2.44. The molecule has 1 amide bonds. The topological polar surface area (TPSA) is 29.5 Å². The van der Waals surface area contributed by atoms with E-state index in [2.05, 4.69) is 24.3 Å². The number of rotatable bonds is 1. The van der Waals surface area contributed by atoms with Crippen LogP contribution in [0.5, 0.6) is 0 Å². The van der Waals surface area contributed by atoms with Gasteiger partial charge in [0.15, 0.2) is 0 Å². The predicted octanol–water partition coefficient (Wildman–Crippen LogP) is 3.92. The van der Waals surface area contributed by atoms with Gasteiger partial charge in [-0.1, -0.05) is 42.5 Å². The van der Waals surface area contributed by atoms with Crippen LogP contribution in [0.25, 0.3) is 0 Å². The zero-order valence-electron chi connectivity index (χ0n) is 11.9. The Kier molecular flexibility index (Phi) is 3.77. The number of carbonyl (C=O) groups is 1. The van der Waals surface area contributed by atoms with E-state index in [1.54, 1.807) is 4.90 Å². The number of hydrogen-bond acceptors (Lipinski definition) is 2. The van der Waals surface area contributed by atoms with Crippen molar-refractivity contribution in [1.29, 1.82) is 0 Å². The highest BCUT2D eigenvalue weighted by Gasteiger charge is 2.42. The highest BCUT2D eigenvalue weighted by molar-refractivity contribution is 5.69. The van der Waals surface area contributed by atoms with E-state index in [-0.39, 0.29) is 18.2 Å². The molecule has 0 aromatic heterocycles. The van der Waals surface area contributed by atoms with E-state index in [9.17, 15) is 4.79 Å². The number of ether oxygens (including phenoxy) is 1. The van der Waals surface area contributed by atoms with Crippen LogP contribution in [0.2, 0.25) is 0 Å². The van der Waals surface area contributed by atoms with Crippen LogP contribution in [0, 0.1) is 5.92 Å². The van der Waals surface area contributed by atoms with E-state index in [0.29, 0.717) is 5.92 Å². The summed E-state index contributed by atoms with van der Waals surface area (Å²) in [5, 5.41) is 0. The molecule has 3 atom stereocenters. The average molecular weight is 271 g/mol. The monoisotopic (exact) mass is 271 g/mol. The van der Waals surface area contributed by atoms with Crippen molar-refractivity contribution in [3.8, 4) is 0 Å². The molecule has 0 N–H and O–H groups in total. The minimum atomic E-state index is -0.190. The maximum Gasteiger partial charge on any atom is 0.410 e. The second-order valence-electron chi connectivity index (χ2n) is 5.68. The van der Waals surface area contributed by atoms with Gasteiger partial charge in [-0.15, -0.1) is 0 Å². The number of amides is 1. The van der Waals surface area contributed by atoms with Gasteiger partial charge < -0.3 is 9.64 Å². The van der Waals surface area contributed by atoms with Crippen molar-refractivity contribution in [1.82, 2.24) is 4.90 Å². The van der Waals surface area contributed by atoms with Crippen molar-refractivity contribution < 1.29 is 9.53 Å². The molecule has 0 spiro atoms. The van der Waals surface area contributed by atoms with Crippen LogP contribution in [0.1, 0.15) is 37.3 Å². The largest absolute Gasteiger partial charge is 0.446 e. The summed E-state index contributed by atoms with van der Waals surface area (Å²) in [4.78, 5) is 13.9. The summed E-state index contributed by atoms with van der Waals surface area (Å²) in [6, 6.07) is 10.5. The second kappa shape index (κ2) is 5.70. The molecule has 2 aliphatic rings. The van der Waals surface area contributed by atoms with E-state index >= 15 is 0 Å². The molecule has 0 bridgehead atoms. The average Bonchev–Trinajstić information content (AvgIpc) is 2.45. The maximum atomic E-state index is 12.1. The van der Waals surface area contributed by atoms with E-state index in [4.69, 9.17) is 4.74 Å². The Balaban J connectivity index is 1.94. The number of carbonyl (C=O) groups excluding carboxylic acids is 1. The highest BCUT2D eigenvalue weighted by Crippen LogP contribution is 2.40. The molecule has 1 aliphatic heterocycles.